The molecule has 0 bridgehead atoms. The lowest BCUT2D eigenvalue weighted by molar-refractivity contribution is -0.130. The summed E-state index contributed by atoms with van der Waals surface area (Å²) in [6.07, 6.45) is 0.788. The molecule has 5 nitrogen and oxygen atoms in total. The molecule has 5 heteroatoms. The standard InChI is InChI=1S/C15H20N2O3/c1-9(16-15(19)10(2)20-3)11-4-6-13-12(8-11)5-7-14(18)17-13/h4,6,8-10H,5,7H2,1-3H3,(H,16,19)(H,17,18)/t9-,10+/m0/s1. The summed E-state index contributed by atoms with van der Waals surface area (Å²) >= 11 is 0. The molecule has 2 N–H and O–H groups in total. The Morgan fingerprint density at radius 3 is 2.80 bits per heavy atom. The fourth-order valence-electron chi connectivity index (χ4n) is 2.19. The summed E-state index contributed by atoms with van der Waals surface area (Å²) in [4.78, 5) is 23.1. The van der Waals surface area contributed by atoms with E-state index in [1.165, 1.54) is 7.11 Å². The molecule has 0 spiro atoms. The Hall–Kier alpha value is -1.88. The molecule has 0 aliphatic carbocycles. The van der Waals surface area contributed by atoms with Crippen molar-refractivity contribution in [1.29, 1.82) is 0 Å². The van der Waals surface area contributed by atoms with Crippen molar-refractivity contribution < 1.29 is 14.3 Å². The van der Waals surface area contributed by atoms with Crippen LogP contribution in [0.4, 0.5) is 5.69 Å². The Balaban J connectivity index is 2.09. The van der Waals surface area contributed by atoms with Crippen molar-refractivity contribution in [2.24, 2.45) is 0 Å². The van der Waals surface area contributed by atoms with Gasteiger partial charge in [0.1, 0.15) is 6.10 Å². The van der Waals surface area contributed by atoms with E-state index in [0.29, 0.717) is 6.42 Å². The van der Waals surface area contributed by atoms with Gasteiger partial charge in [-0.2, -0.15) is 0 Å². The molecule has 0 unspecified atom stereocenters. The van der Waals surface area contributed by atoms with Crippen LogP contribution in [0.25, 0.3) is 0 Å². The number of ether oxygens (including phenoxy) is 1. The molecule has 1 aliphatic heterocycles. The number of carbonyl (C=O) groups is 2. The van der Waals surface area contributed by atoms with Crippen LogP contribution in [0.5, 0.6) is 0 Å². The zero-order valence-electron chi connectivity index (χ0n) is 12.0. The number of hydrogen-bond acceptors (Lipinski definition) is 3. The number of nitrogens with one attached hydrogen (secondary N) is 2. The molecular weight excluding hydrogens is 256 g/mol. The van der Waals surface area contributed by atoms with E-state index in [1.54, 1.807) is 6.92 Å². The Labute approximate surface area is 118 Å². The highest BCUT2D eigenvalue weighted by atomic mass is 16.5. The van der Waals surface area contributed by atoms with E-state index >= 15 is 0 Å². The summed E-state index contributed by atoms with van der Waals surface area (Å²) in [6.45, 7) is 3.65. The summed E-state index contributed by atoms with van der Waals surface area (Å²) in [7, 11) is 1.51. The lowest BCUT2D eigenvalue weighted by Crippen LogP contribution is -2.35. The van der Waals surface area contributed by atoms with Crippen LogP contribution in [0.15, 0.2) is 18.2 Å². The normalized spacial score (nSPS) is 16.9. The molecule has 0 saturated carbocycles. The van der Waals surface area contributed by atoms with Crippen LogP contribution in [-0.2, 0) is 20.7 Å². The molecule has 2 amide bonds. The minimum Gasteiger partial charge on any atom is -0.372 e. The number of fused-ring (bicyclic) bond motifs is 1. The Morgan fingerprint density at radius 2 is 2.10 bits per heavy atom. The van der Waals surface area contributed by atoms with Crippen LogP contribution >= 0.6 is 0 Å². The summed E-state index contributed by atoms with van der Waals surface area (Å²) in [5.41, 5.74) is 3.01. The van der Waals surface area contributed by atoms with E-state index in [4.69, 9.17) is 4.74 Å². The fourth-order valence-corrected chi connectivity index (χ4v) is 2.19. The second kappa shape index (κ2) is 6.05. The molecule has 0 fully saturated rings. The zero-order chi connectivity index (χ0) is 14.7. The van der Waals surface area contributed by atoms with Crippen LogP contribution in [0.3, 0.4) is 0 Å². The third kappa shape index (κ3) is 3.17. The summed E-state index contributed by atoms with van der Waals surface area (Å²) in [5, 5.41) is 5.76. The van der Waals surface area contributed by atoms with Gasteiger partial charge in [0.15, 0.2) is 0 Å². The van der Waals surface area contributed by atoms with Crippen LogP contribution in [0.1, 0.15) is 37.4 Å². The average Bonchev–Trinajstić information content (AvgIpc) is 2.45. The number of rotatable bonds is 4. The molecule has 1 aliphatic rings. The van der Waals surface area contributed by atoms with Crippen LogP contribution < -0.4 is 10.6 Å². The van der Waals surface area contributed by atoms with Gasteiger partial charge in [0.25, 0.3) is 0 Å². The largest absolute Gasteiger partial charge is 0.372 e. The lowest BCUT2D eigenvalue weighted by Gasteiger charge is -2.21. The highest BCUT2D eigenvalue weighted by Crippen LogP contribution is 2.26. The smallest absolute Gasteiger partial charge is 0.249 e. The van der Waals surface area contributed by atoms with Gasteiger partial charge in [-0.15, -0.1) is 0 Å². The molecule has 0 saturated heterocycles. The average molecular weight is 276 g/mol. The first kappa shape index (κ1) is 14.5. The van der Waals surface area contributed by atoms with E-state index in [9.17, 15) is 9.59 Å². The topological polar surface area (TPSA) is 67.4 Å². The van der Waals surface area contributed by atoms with Gasteiger partial charge >= 0.3 is 0 Å². The van der Waals surface area contributed by atoms with Crippen molar-refractivity contribution in [2.75, 3.05) is 12.4 Å². The van der Waals surface area contributed by atoms with Gasteiger partial charge in [0, 0.05) is 19.2 Å². The van der Waals surface area contributed by atoms with Crippen molar-refractivity contribution in [3.05, 3.63) is 29.3 Å². The molecule has 1 heterocycles. The van der Waals surface area contributed by atoms with E-state index in [-0.39, 0.29) is 17.9 Å². The van der Waals surface area contributed by atoms with Gasteiger partial charge in [0.2, 0.25) is 11.8 Å². The second-order valence-corrected chi connectivity index (χ2v) is 5.07. The van der Waals surface area contributed by atoms with E-state index in [2.05, 4.69) is 10.6 Å². The third-order valence-corrected chi connectivity index (χ3v) is 3.61. The van der Waals surface area contributed by atoms with Gasteiger partial charge in [-0.05, 0) is 37.5 Å². The van der Waals surface area contributed by atoms with Gasteiger partial charge in [0.05, 0.1) is 6.04 Å². The number of aryl methyl sites for hydroxylation is 1. The molecule has 1 aromatic rings. The fraction of sp³-hybridized carbons (Fsp3) is 0.467. The van der Waals surface area contributed by atoms with E-state index in [0.717, 1.165) is 23.2 Å². The molecule has 108 valence electrons. The summed E-state index contributed by atoms with van der Waals surface area (Å²) < 4.78 is 4.99. The van der Waals surface area contributed by atoms with E-state index < -0.39 is 6.10 Å². The Bertz CT molecular complexity index is 528. The quantitative estimate of drug-likeness (QED) is 0.881. The molecular formula is C15H20N2O3. The van der Waals surface area contributed by atoms with Gasteiger partial charge < -0.3 is 15.4 Å². The number of methoxy groups -OCH3 is 1. The van der Waals surface area contributed by atoms with Gasteiger partial charge in [-0.3, -0.25) is 9.59 Å². The van der Waals surface area contributed by atoms with Gasteiger partial charge in [-0.25, -0.2) is 0 Å². The molecule has 2 atom stereocenters. The highest BCUT2D eigenvalue weighted by molar-refractivity contribution is 5.93. The van der Waals surface area contributed by atoms with E-state index in [1.807, 2.05) is 25.1 Å². The number of hydrogen-bond donors (Lipinski definition) is 2. The number of amides is 2. The molecule has 2 rings (SSSR count). The SMILES string of the molecule is CO[C@H](C)C(=O)N[C@@H](C)c1ccc2c(c1)CCC(=O)N2. The Morgan fingerprint density at radius 1 is 1.35 bits per heavy atom. The minimum absolute atomic E-state index is 0.0560. The summed E-state index contributed by atoms with van der Waals surface area (Å²) in [5.74, 6) is -0.0773. The monoisotopic (exact) mass is 276 g/mol. The van der Waals surface area contributed by atoms with Crippen molar-refractivity contribution in [3.63, 3.8) is 0 Å². The maximum Gasteiger partial charge on any atom is 0.249 e. The van der Waals surface area contributed by atoms with Crippen LogP contribution in [0, 0.1) is 0 Å². The first-order valence-electron chi connectivity index (χ1n) is 6.77. The van der Waals surface area contributed by atoms with Crippen molar-refractivity contribution in [3.8, 4) is 0 Å². The van der Waals surface area contributed by atoms with Crippen molar-refractivity contribution in [2.45, 2.75) is 38.8 Å². The second-order valence-electron chi connectivity index (χ2n) is 5.07. The predicted molar refractivity (Wildman–Crippen MR) is 76.4 cm³/mol. The first-order valence-corrected chi connectivity index (χ1v) is 6.77. The van der Waals surface area contributed by atoms with Crippen molar-refractivity contribution >= 4 is 17.5 Å². The molecule has 0 aromatic heterocycles. The lowest BCUT2D eigenvalue weighted by atomic mass is 9.97. The first-order chi connectivity index (χ1) is 9.51. The number of carbonyl (C=O) groups excluding carboxylic acids is 2. The third-order valence-electron chi connectivity index (χ3n) is 3.61. The molecule has 0 radical (unpaired) electrons. The zero-order valence-corrected chi connectivity index (χ0v) is 12.0. The minimum atomic E-state index is -0.464. The predicted octanol–water partition coefficient (Wildman–Crippen LogP) is 1.78. The Kier molecular flexibility index (Phi) is 4.39. The van der Waals surface area contributed by atoms with Crippen LogP contribution in [0.2, 0.25) is 0 Å². The molecule has 1 aromatic carbocycles. The summed E-state index contributed by atoms with van der Waals surface area (Å²) in [6, 6.07) is 5.76. The molecule has 20 heavy (non-hydrogen) atoms. The van der Waals surface area contributed by atoms with Crippen LogP contribution in [-0.4, -0.2) is 25.0 Å². The number of anilines is 1. The van der Waals surface area contributed by atoms with Gasteiger partial charge in [-0.1, -0.05) is 12.1 Å². The number of benzene rings is 1. The maximum atomic E-state index is 11.8. The van der Waals surface area contributed by atoms with Crippen molar-refractivity contribution in [1.82, 2.24) is 5.32 Å². The highest BCUT2D eigenvalue weighted by Gasteiger charge is 2.18. The maximum absolute atomic E-state index is 11.8.